The lowest BCUT2D eigenvalue weighted by atomic mass is 10.2. The highest BCUT2D eigenvalue weighted by Crippen LogP contribution is 2.33. The van der Waals surface area contributed by atoms with Gasteiger partial charge in [0.25, 0.3) is 5.91 Å². The van der Waals surface area contributed by atoms with E-state index in [0.29, 0.717) is 22.8 Å². The maximum absolute atomic E-state index is 12.8. The van der Waals surface area contributed by atoms with Crippen LogP contribution in [-0.2, 0) is 26.1 Å². The molecule has 0 radical (unpaired) electrons. The predicted molar refractivity (Wildman–Crippen MR) is 110 cm³/mol. The van der Waals surface area contributed by atoms with Crippen LogP contribution in [0.2, 0.25) is 0 Å². The van der Waals surface area contributed by atoms with Gasteiger partial charge < -0.3 is 10.1 Å². The minimum Gasteiger partial charge on any atom is -0.481 e. The Morgan fingerprint density at radius 2 is 1.79 bits per heavy atom. The molecule has 2 heterocycles. The normalized spacial score (nSPS) is 15.5. The molecule has 0 bridgehead atoms. The Morgan fingerprint density at radius 3 is 2.48 bits per heavy atom. The summed E-state index contributed by atoms with van der Waals surface area (Å²) in [5, 5.41) is 7.30. The number of hydrogen-bond donors (Lipinski definition) is 1. The first kappa shape index (κ1) is 19.2. The fraction of sp³-hybridized carbons (Fsp3) is 0.238. The van der Waals surface area contributed by atoms with Crippen molar-refractivity contribution in [2.45, 2.75) is 31.5 Å². The van der Waals surface area contributed by atoms with Gasteiger partial charge in [0, 0.05) is 5.56 Å². The molecule has 0 saturated heterocycles. The number of carbonyl (C=O) groups excluding carboxylic acids is 1. The van der Waals surface area contributed by atoms with Crippen LogP contribution >= 0.6 is 0 Å². The molecule has 150 valence electrons. The van der Waals surface area contributed by atoms with Crippen LogP contribution < -0.4 is 10.1 Å². The lowest BCUT2D eigenvalue weighted by Crippen LogP contribution is -2.31. The fourth-order valence-electron chi connectivity index (χ4n) is 3.22. The summed E-state index contributed by atoms with van der Waals surface area (Å²) in [6.45, 7) is 3.62. The van der Waals surface area contributed by atoms with Gasteiger partial charge in [-0.2, -0.15) is 5.10 Å². The molecule has 1 amide bonds. The molecule has 2 aromatic carbocycles. The molecular formula is C21H21N3O4S. The van der Waals surface area contributed by atoms with Gasteiger partial charge in [-0.05, 0) is 38.1 Å². The molecule has 1 aliphatic heterocycles. The minimum atomic E-state index is -3.25. The van der Waals surface area contributed by atoms with Crippen LogP contribution in [0.4, 0.5) is 5.82 Å². The van der Waals surface area contributed by atoms with E-state index >= 15 is 0 Å². The summed E-state index contributed by atoms with van der Waals surface area (Å²) in [5.74, 6) is 0.306. The molecule has 0 saturated carbocycles. The third-order valence-electron chi connectivity index (χ3n) is 4.73. The summed E-state index contributed by atoms with van der Waals surface area (Å²) in [5.41, 5.74) is 2.84. The van der Waals surface area contributed by atoms with E-state index in [1.807, 2.05) is 49.4 Å². The first-order chi connectivity index (χ1) is 13.8. The Hall–Kier alpha value is -3.13. The van der Waals surface area contributed by atoms with Crippen molar-refractivity contribution in [3.8, 4) is 11.4 Å². The average molecular weight is 411 g/mol. The van der Waals surface area contributed by atoms with E-state index < -0.39 is 15.9 Å². The Morgan fingerprint density at radius 1 is 1.10 bits per heavy atom. The number of rotatable bonds is 5. The summed E-state index contributed by atoms with van der Waals surface area (Å²) in [4.78, 5) is 12.8. The summed E-state index contributed by atoms with van der Waals surface area (Å²) in [6, 6.07) is 16.7. The molecule has 1 aromatic heterocycles. The molecule has 4 rings (SSSR count). The molecule has 0 aliphatic carbocycles. The van der Waals surface area contributed by atoms with E-state index in [9.17, 15) is 13.2 Å². The van der Waals surface area contributed by atoms with Gasteiger partial charge in [0.05, 0.1) is 22.9 Å². The first-order valence-electron chi connectivity index (χ1n) is 9.23. The number of aromatic nitrogens is 2. The van der Waals surface area contributed by atoms with Gasteiger partial charge in [0.15, 0.2) is 15.9 Å². The topological polar surface area (TPSA) is 90.3 Å². The number of nitrogens with zero attached hydrogens (tertiary/aromatic N) is 2. The van der Waals surface area contributed by atoms with E-state index in [0.717, 1.165) is 11.3 Å². The number of hydrogen-bond acceptors (Lipinski definition) is 5. The molecule has 0 spiro atoms. The standard InChI is InChI=1S/C21H21N3O4S/c1-14-8-10-16(11-9-14)24-20(18-12-29(26,27)13-19(18)23-24)22-21(25)15(2)28-17-6-4-3-5-7-17/h3-11,15H,12-13H2,1-2H3,(H,22,25)/t15-/m1/s1. The van der Waals surface area contributed by atoms with E-state index in [4.69, 9.17) is 4.74 Å². The van der Waals surface area contributed by atoms with Crippen molar-refractivity contribution in [1.82, 2.24) is 9.78 Å². The van der Waals surface area contributed by atoms with Gasteiger partial charge in [0.2, 0.25) is 0 Å². The van der Waals surface area contributed by atoms with Crippen molar-refractivity contribution in [2.75, 3.05) is 5.32 Å². The van der Waals surface area contributed by atoms with Crippen LogP contribution in [0.25, 0.3) is 5.69 Å². The molecule has 1 aliphatic rings. The van der Waals surface area contributed by atoms with Crippen LogP contribution in [0.15, 0.2) is 54.6 Å². The molecule has 8 heteroatoms. The molecule has 1 atom stereocenters. The number of benzene rings is 2. The summed E-state index contributed by atoms with van der Waals surface area (Å²) in [6.07, 6.45) is -0.771. The molecule has 1 N–H and O–H groups in total. The van der Waals surface area contributed by atoms with Gasteiger partial charge in [-0.3, -0.25) is 4.79 Å². The lowest BCUT2D eigenvalue weighted by Gasteiger charge is -2.16. The van der Waals surface area contributed by atoms with E-state index in [2.05, 4.69) is 10.4 Å². The maximum atomic E-state index is 12.8. The van der Waals surface area contributed by atoms with Gasteiger partial charge in [-0.1, -0.05) is 35.9 Å². The van der Waals surface area contributed by atoms with E-state index in [-0.39, 0.29) is 17.4 Å². The van der Waals surface area contributed by atoms with Crippen LogP contribution in [0, 0.1) is 6.92 Å². The molecule has 3 aromatic rings. The quantitative estimate of drug-likeness (QED) is 0.697. The second kappa shape index (κ2) is 7.36. The number of aryl methyl sites for hydroxylation is 1. The molecule has 0 unspecified atom stereocenters. The highest BCUT2D eigenvalue weighted by molar-refractivity contribution is 7.90. The number of para-hydroxylation sites is 1. The minimum absolute atomic E-state index is 0.125. The third kappa shape index (κ3) is 4.02. The average Bonchev–Trinajstić information content (AvgIpc) is 3.15. The smallest absolute Gasteiger partial charge is 0.266 e. The highest BCUT2D eigenvalue weighted by Gasteiger charge is 2.33. The van der Waals surface area contributed by atoms with Gasteiger partial charge >= 0.3 is 0 Å². The van der Waals surface area contributed by atoms with Gasteiger partial charge in [-0.15, -0.1) is 0 Å². The number of fused-ring (bicyclic) bond motifs is 1. The lowest BCUT2D eigenvalue weighted by molar-refractivity contribution is -0.122. The molecule has 29 heavy (non-hydrogen) atoms. The number of sulfone groups is 1. The zero-order valence-electron chi connectivity index (χ0n) is 16.1. The monoisotopic (exact) mass is 411 g/mol. The molecular weight excluding hydrogens is 390 g/mol. The molecule has 7 nitrogen and oxygen atoms in total. The van der Waals surface area contributed by atoms with Crippen molar-refractivity contribution in [2.24, 2.45) is 0 Å². The van der Waals surface area contributed by atoms with Gasteiger partial charge in [0.1, 0.15) is 11.6 Å². The number of ether oxygens (including phenoxy) is 1. The number of anilines is 1. The van der Waals surface area contributed by atoms with E-state index in [1.165, 1.54) is 0 Å². The second-order valence-corrected chi connectivity index (χ2v) is 9.18. The molecule has 0 fully saturated rings. The Kier molecular flexibility index (Phi) is 4.87. The maximum Gasteiger partial charge on any atom is 0.266 e. The zero-order chi connectivity index (χ0) is 20.6. The fourth-order valence-corrected chi connectivity index (χ4v) is 4.71. The zero-order valence-corrected chi connectivity index (χ0v) is 16.9. The van der Waals surface area contributed by atoms with Crippen molar-refractivity contribution in [3.05, 3.63) is 71.4 Å². The van der Waals surface area contributed by atoms with Crippen molar-refractivity contribution in [3.63, 3.8) is 0 Å². The highest BCUT2D eigenvalue weighted by atomic mass is 32.2. The largest absolute Gasteiger partial charge is 0.481 e. The Labute approximate surface area is 169 Å². The number of nitrogens with one attached hydrogen (secondary N) is 1. The van der Waals surface area contributed by atoms with Crippen LogP contribution in [0.1, 0.15) is 23.7 Å². The van der Waals surface area contributed by atoms with Crippen LogP contribution in [0.5, 0.6) is 5.75 Å². The van der Waals surface area contributed by atoms with Crippen molar-refractivity contribution >= 4 is 21.6 Å². The van der Waals surface area contributed by atoms with Crippen LogP contribution in [-0.4, -0.2) is 30.2 Å². The van der Waals surface area contributed by atoms with Crippen molar-refractivity contribution < 1.29 is 17.9 Å². The second-order valence-electron chi connectivity index (χ2n) is 7.12. The first-order valence-corrected chi connectivity index (χ1v) is 11.1. The predicted octanol–water partition coefficient (Wildman–Crippen LogP) is 3.02. The van der Waals surface area contributed by atoms with Crippen molar-refractivity contribution in [1.29, 1.82) is 0 Å². The SMILES string of the molecule is Cc1ccc(-n2nc3c(c2NC(=O)[C@@H](C)Oc2ccccc2)CS(=O)(=O)C3)cc1. The third-order valence-corrected chi connectivity index (χ3v) is 6.17. The number of carbonyl (C=O) groups is 1. The Bertz CT molecular complexity index is 1150. The summed E-state index contributed by atoms with van der Waals surface area (Å²) < 4.78 is 31.4. The van der Waals surface area contributed by atoms with E-state index in [1.54, 1.807) is 23.7 Å². The van der Waals surface area contributed by atoms with Crippen LogP contribution in [0.3, 0.4) is 0 Å². The number of amides is 1. The summed E-state index contributed by atoms with van der Waals surface area (Å²) in [7, 11) is -3.25. The summed E-state index contributed by atoms with van der Waals surface area (Å²) >= 11 is 0. The Balaban J connectivity index is 1.65. The van der Waals surface area contributed by atoms with Gasteiger partial charge in [-0.25, -0.2) is 13.1 Å².